The summed E-state index contributed by atoms with van der Waals surface area (Å²) in [4.78, 5) is 11.9. The maximum atomic E-state index is 11.9. The molecule has 0 spiro atoms. The minimum atomic E-state index is -0.379. The smallest absolute Gasteiger partial charge is 0.270 e. The van der Waals surface area contributed by atoms with Crippen molar-refractivity contribution in [3.63, 3.8) is 0 Å². The molecule has 0 atom stereocenters. The number of nitrogens with two attached hydrogens (primary N) is 2. The maximum Gasteiger partial charge on any atom is 0.270 e. The van der Waals surface area contributed by atoms with Gasteiger partial charge in [0.15, 0.2) is 0 Å². The molecule has 96 valence electrons. The number of anilines is 1. The summed E-state index contributed by atoms with van der Waals surface area (Å²) in [6.07, 6.45) is 0. The summed E-state index contributed by atoms with van der Waals surface area (Å²) in [6.45, 7) is 0. The highest BCUT2D eigenvalue weighted by atomic mass is 16.3. The van der Waals surface area contributed by atoms with Crippen LogP contribution in [0.15, 0.2) is 48.5 Å². The van der Waals surface area contributed by atoms with Gasteiger partial charge in [0.1, 0.15) is 5.75 Å². The minimum Gasteiger partial charge on any atom is -0.507 e. The van der Waals surface area contributed by atoms with Gasteiger partial charge in [-0.15, -0.1) is 0 Å². The van der Waals surface area contributed by atoms with E-state index in [0.29, 0.717) is 11.3 Å². The number of hydrogen-bond acceptors (Lipinski definition) is 2. The Bertz CT molecular complexity index is 621. The molecule has 6 N–H and O–H groups in total. The van der Waals surface area contributed by atoms with Gasteiger partial charge in [0.05, 0.1) is 11.1 Å². The molecule has 0 aliphatic heterocycles. The number of hydrogen-bond donors (Lipinski definition) is 4. The third kappa shape index (κ3) is 2.90. The molecule has 2 aromatic rings. The van der Waals surface area contributed by atoms with Crippen LogP contribution in [0, 0.1) is 0 Å². The van der Waals surface area contributed by atoms with Crippen LogP contribution in [0.5, 0.6) is 5.75 Å². The SMILES string of the molecule is NC(=[NH2+])c1ccc(NC(=O)c2ccccc2O)cc1. The summed E-state index contributed by atoms with van der Waals surface area (Å²) in [5.74, 6) is -0.217. The van der Waals surface area contributed by atoms with Gasteiger partial charge in [-0.1, -0.05) is 12.1 Å². The van der Waals surface area contributed by atoms with E-state index in [9.17, 15) is 9.90 Å². The lowest BCUT2D eigenvalue weighted by Gasteiger charge is -2.06. The lowest BCUT2D eigenvalue weighted by molar-refractivity contribution is -0.114. The van der Waals surface area contributed by atoms with E-state index in [2.05, 4.69) is 5.32 Å². The van der Waals surface area contributed by atoms with Crippen LogP contribution in [0.1, 0.15) is 15.9 Å². The second kappa shape index (κ2) is 5.22. The van der Waals surface area contributed by atoms with Gasteiger partial charge in [-0.3, -0.25) is 15.9 Å². The van der Waals surface area contributed by atoms with Crippen LogP contribution in [0.4, 0.5) is 5.69 Å². The number of benzene rings is 2. The van der Waals surface area contributed by atoms with E-state index in [1.54, 1.807) is 42.5 Å². The highest BCUT2D eigenvalue weighted by Crippen LogP contribution is 2.17. The van der Waals surface area contributed by atoms with Crippen molar-refractivity contribution in [2.75, 3.05) is 5.32 Å². The van der Waals surface area contributed by atoms with E-state index < -0.39 is 0 Å². The Kier molecular flexibility index (Phi) is 3.47. The summed E-state index contributed by atoms with van der Waals surface area (Å²) < 4.78 is 0. The van der Waals surface area contributed by atoms with Crippen LogP contribution in [0.2, 0.25) is 0 Å². The van der Waals surface area contributed by atoms with E-state index in [1.807, 2.05) is 0 Å². The molecule has 0 bridgehead atoms. The molecule has 2 aromatic carbocycles. The van der Waals surface area contributed by atoms with E-state index in [0.717, 1.165) is 0 Å². The number of carbonyl (C=O) groups excluding carboxylic acids is 1. The topological polar surface area (TPSA) is 101 Å². The molecular formula is C14H14N3O2+. The molecule has 0 fully saturated rings. The van der Waals surface area contributed by atoms with Crippen molar-refractivity contribution in [3.8, 4) is 5.75 Å². The first-order valence-corrected chi connectivity index (χ1v) is 5.65. The van der Waals surface area contributed by atoms with Crippen LogP contribution in [0.25, 0.3) is 0 Å². The Labute approximate surface area is 110 Å². The third-order valence-corrected chi connectivity index (χ3v) is 2.62. The second-order valence-electron chi connectivity index (χ2n) is 4.00. The Morgan fingerprint density at radius 1 is 1.11 bits per heavy atom. The number of amides is 1. The van der Waals surface area contributed by atoms with Crippen LogP contribution < -0.4 is 16.5 Å². The van der Waals surface area contributed by atoms with Crippen molar-refractivity contribution in [1.29, 1.82) is 0 Å². The molecule has 1 amide bonds. The Morgan fingerprint density at radius 2 is 1.74 bits per heavy atom. The minimum absolute atomic E-state index is 0.0591. The number of nitrogens with one attached hydrogen (secondary N) is 1. The lowest BCUT2D eigenvalue weighted by Crippen LogP contribution is -2.46. The molecular weight excluding hydrogens is 242 g/mol. The van der Waals surface area contributed by atoms with Gasteiger partial charge < -0.3 is 10.4 Å². The summed E-state index contributed by atoms with van der Waals surface area (Å²) in [5.41, 5.74) is 6.96. The lowest BCUT2D eigenvalue weighted by atomic mass is 10.1. The number of aromatic hydroxyl groups is 1. The number of amidine groups is 1. The van der Waals surface area contributed by atoms with Gasteiger partial charge in [0.2, 0.25) is 0 Å². The molecule has 0 aliphatic rings. The molecule has 0 heterocycles. The summed E-state index contributed by atoms with van der Waals surface area (Å²) in [6, 6.07) is 13.1. The quantitative estimate of drug-likeness (QED) is 0.463. The molecule has 0 saturated carbocycles. The fourth-order valence-corrected chi connectivity index (χ4v) is 1.61. The van der Waals surface area contributed by atoms with Gasteiger partial charge in [0, 0.05) is 5.69 Å². The average molecular weight is 256 g/mol. The van der Waals surface area contributed by atoms with Crippen LogP contribution >= 0.6 is 0 Å². The molecule has 0 aliphatic carbocycles. The molecule has 0 saturated heterocycles. The van der Waals surface area contributed by atoms with E-state index in [-0.39, 0.29) is 23.1 Å². The van der Waals surface area contributed by atoms with Crippen LogP contribution in [-0.2, 0) is 0 Å². The zero-order valence-corrected chi connectivity index (χ0v) is 10.1. The summed E-state index contributed by atoms with van der Waals surface area (Å²) >= 11 is 0. The van der Waals surface area contributed by atoms with Crippen LogP contribution in [-0.4, -0.2) is 16.8 Å². The highest BCUT2D eigenvalue weighted by molar-refractivity contribution is 6.06. The van der Waals surface area contributed by atoms with Crippen molar-refractivity contribution in [2.45, 2.75) is 0 Å². The standard InChI is InChI=1S/C14H13N3O2/c15-13(16)9-5-7-10(8-6-9)17-14(19)11-3-1-2-4-12(11)18/h1-8,18H,(H3,15,16)(H,17,19)/p+1. The van der Waals surface area contributed by atoms with E-state index in [4.69, 9.17) is 11.1 Å². The van der Waals surface area contributed by atoms with Crippen molar-refractivity contribution in [2.24, 2.45) is 5.73 Å². The fourth-order valence-electron chi connectivity index (χ4n) is 1.61. The number of carbonyl (C=O) groups is 1. The molecule has 0 unspecified atom stereocenters. The Morgan fingerprint density at radius 3 is 2.32 bits per heavy atom. The van der Waals surface area contributed by atoms with Crippen LogP contribution in [0.3, 0.4) is 0 Å². The second-order valence-corrected chi connectivity index (χ2v) is 4.00. The molecule has 5 heteroatoms. The average Bonchev–Trinajstić information content (AvgIpc) is 2.39. The van der Waals surface area contributed by atoms with Crippen molar-refractivity contribution in [1.82, 2.24) is 0 Å². The fraction of sp³-hybridized carbons (Fsp3) is 0. The first kappa shape index (κ1) is 12.6. The van der Waals surface area contributed by atoms with E-state index >= 15 is 0 Å². The first-order valence-electron chi connectivity index (χ1n) is 5.65. The normalized spacial score (nSPS) is 9.89. The number of para-hydroxylation sites is 1. The number of phenols is 1. The monoisotopic (exact) mass is 256 g/mol. The Hall–Kier alpha value is -2.82. The molecule has 5 nitrogen and oxygen atoms in total. The predicted molar refractivity (Wildman–Crippen MR) is 72.7 cm³/mol. The van der Waals surface area contributed by atoms with Crippen molar-refractivity contribution < 1.29 is 15.3 Å². The summed E-state index contributed by atoms with van der Waals surface area (Å²) in [7, 11) is 0. The maximum absolute atomic E-state index is 11.9. The first-order chi connectivity index (χ1) is 9.08. The molecule has 19 heavy (non-hydrogen) atoms. The molecule has 0 radical (unpaired) electrons. The molecule has 0 aromatic heterocycles. The largest absolute Gasteiger partial charge is 0.507 e. The van der Waals surface area contributed by atoms with Gasteiger partial charge in [0.25, 0.3) is 11.7 Å². The predicted octanol–water partition coefficient (Wildman–Crippen LogP) is 0.109. The zero-order chi connectivity index (χ0) is 13.8. The summed E-state index contributed by atoms with van der Waals surface area (Å²) in [5, 5.41) is 17.7. The highest BCUT2D eigenvalue weighted by Gasteiger charge is 2.10. The molecule has 2 rings (SSSR count). The van der Waals surface area contributed by atoms with E-state index in [1.165, 1.54) is 6.07 Å². The van der Waals surface area contributed by atoms with Gasteiger partial charge in [-0.05, 0) is 36.4 Å². The van der Waals surface area contributed by atoms with Gasteiger partial charge >= 0.3 is 0 Å². The zero-order valence-electron chi connectivity index (χ0n) is 10.1. The van der Waals surface area contributed by atoms with Gasteiger partial charge in [-0.25, -0.2) is 0 Å². The van der Waals surface area contributed by atoms with Crippen molar-refractivity contribution in [3.05, 3.63) is 59.7 Å². The van der Waals surface area contributed by atoms with Gasteiger partial charge in [-0.2, -0.15) is 0 Å². The van der Waals surface area contributed by atoms with Crippen molar-refractivity contribution >= 4 is 17.4 Å². The Balaban J connectivity index is 2.15. The number of rotatable bonds is 3. The number of phenolic OH excluding ortho intramolecular Hbond substituents is 1. The third-order valence-electron chi connectivity index (χ3n) is 2.62.